The molecule has 25 heavy (non-hydrogen) atoms. The van der Waals surface area contributed by atoms with Crippen LogP contribution >= 0.6 is 11.6 Å². The van der Waals surface area contributed by atoms with E-state index in [2.05, 4.69) is 9.71 Å². The number of rotatable bonds is 6. The fraction of sp³-hybridized carbons (Fsp3) is 0.0556. The Bertz CT molecular complexity index is 946. The van der Waals surface area contributed by atoms with Crippen LogP contribution in [0.4, 0.5) is 5.69 Å². The fourth-order valence-corrected chi connectivity index (χ4v) is 3.65. The lowest BCUT2D eigenvalue weighted by molar-refractivity contribution is 0.306. The average molecular weight is 375 g/mol. The van der Waals surface area contributed by atoms with E-state index in [1.54, 1.807) is 24.3 Å². The van der Waals surface area contributed by atoms with Gasteiger partial charge >= 0.3 is 0 Å². The molecule has 1 heterocycles. The summed E-state index contributed by atoms with van der Waals surface area (Å²) in [6, 6.07) is 19.3. The molecular weight excluding hydrogens is 360 g/mol. The topological polar surface area (TPSA) is 68.3 Å². The van der Waals surface area contributed by atoms with Gasteiger partial charge in [0.2, 0.25) is 0 Å². The highest BCUT2D eigenvalue weighted by molar-refractivity contribution is 7.92. The van der Waals surface area contributed by atoms with Gasteiger partial charge in [0.25, 0.3) is 10.0 Å². The van der Waals surface area contributed by atoms with Crippen LogP contribution in [0.25, 0.3) is 0 Å². The van der Waals surface area contributed by atoms with Crippen molar-refractivity contribution >= 4 is 27.3 Å². The maximum atomic E-state index is 12.4. The highest BCUT2D eigenvalue weighted by atomic mass is 35.5. The molecule has 0 saturated heterocycles. The summed E-state index contributed by atoms with van der Waals surface area (Å²) >= 11 is 5.85. The summed E-state index contributed by atoms with van der Waals surface area (Å²) in [5.74, 6) is 0.645. The van der Waals surface area contributed by atoms with Crippen molar-refractivity contribution in [3.63, 3.8) is 0 Å². The largest absolute Gasteiger partial charge is 0.489 e. The number of nitrogens with zero attached hydrogens (tertiary/aromatic N) is 1. The van der Waals surface area contributed by atoms with E-state index in [-0.39, 0.29) is 10.0 Å². The Morgan fingerprint density at radius 3 is 2.36 bits per heavy atom. The van der Waals surface area contributed by atoms with Crippen LogP contribution in [-0.2, 0) is 16.6 Å². The molecule has 7 heteroatoms. The van der Waals surface area contributed by atoms with Crippen molar-refractivity contribution in [3.05, 3.63) is 83.6 Å². The summed E-state index contributed by atoms with van der Waals surface area (Å²) in [4.78, 5) is 3.71. The fourth-order valence-electron chi connectivity index (χ4n) is 2.14. The highest BCUT2D eigenvalue weighted by Crippen LogP contribution is 2.23. The van der Waals surface area contributed by atoms with Crippen molar-refractivity contribution < 1.29 is 13.2 Å². The second kappa shape index (κ2) is 7.55. The van der Waals surface area contributed by atoms with Crippen molar-refractivity contribution in [2.24, 2.45) is 0 Å². The molecule has 0 radical (unpaired) electrons. The minimum absolute atomic E-state index is 0.0685. The number of halogens is 1. The summed E-state index contributed by atoms with van der Waals surface area (Å²) in [6.45, 7) is 0.442. The number of pyridine rings is 1. The molecule has 0 aliphatic carbocycles. The minimum atomic E-state index is -3.80. The second-order valence-corrected chi connectivity index (χ2v) is 7.21. The Labute approximate surface area is 151 Å². The van der Waals surface area contributed by atoms with Crippen LogP contribution in [0.1, 0.15) is 5.56 Å². The van der Waals surface area contributed by atoms with Crippen LogP contribution in [0.2, 0.25) is 5.15 Å². The number of sulfonamides is 1. The van der Waals surface area contributed by atoms with Crippen molar-refractivity contribution in [3.8, 4) is 5.75 Å². The van der Waals surface area contributed by atoms with E-state index in [1.165, 1.54) is 18.3 Å². The lowest BCUT2D eigenvalue weighted by Crippen LogP contribution is -2.13. The van der Waals surface area contributed by atoms with Gasteiger partial charge in [0.15, 0.2) is 0 Å². The zero-order valence-electron chi connectivity index (χ0n) is 13.1. The predicted molar refractivity (Wildman–Crippen MR) is 97.3 cm³/mol. The third-order valence-electron chi connectivity index (χ3n) is 3.37. The molecule has 2 aromatic carbocycles. The number of anilines is 1. The van der Waals surface area contributed by atoms with E-state index < -0.39 is 10.0 Å². The molecule has 0 spiro atoms. The summed E-state index contributed by atoms with van der Waals surface area (Å²) < 4.78 is 32.8. The van der Waals surface area contributed by atoms with Crippen LogP contribution in [0, 0.1) is 0 Å². The van der Waals surface area contributed by atoms with Gasteiger partial charge < -0.3 is 4.74 Å². The maximum Gasteiger partial charge on any atom is 0.264 e. The lowest BCUT2D eigenvalue weighted by Gasteiger charge is -2.10. The van der Waals surface area contributed by atoms with Crippen LogP contribution in [0.5, 0.6) is 5.75 Å². The van der Waals surface area contributed by atoms with Gasteiger partial charge in [-0.05, 0) is 42.0 Å². The van der Waals surface area contributed by atoms with E-state index >= 15 is 0 Å². The van der Waals surface area contributed by atoms with Gasteiger partial charge in [0, 0.05) is 11.9 Å². The van der Waals surface area contributed by atoms with Crippen molar-refractivity contribution in [1.82, 2.24) is 4.98 Å². The van der Waals surface area contributed by atoms with Crippen LogP contribution in [-0.4, -0.2) is 13.4 Å². The van der Waals surface area contributed by atoms with E-state index in [0.717, 1.165) is 5.56 Å². The summed E-state index contributed by atoms with van der Waals surface area (Å²) in [7, 11) is -3.80. The van der Waals surface area contributed by atoms with Gasteiger partial charge in [0.05, 0.1) is 0 Å². The summed E-state index contributed by atoms with van der Waals surface area (Å²) in [5, 5.41) is -0.0715. The van der Waals surface area contributed by atoms with Crippen LogP contribution in [0.3, 0.4) is 0 Å². The van der Waals surface area contributed by atoms with Gasteiger partial charge in [-0.1, -0.05) is 41.9 Å². The van der Waals surface area contributed by atoms with E-state index in [0.29, 0.717) is 18.0 Å². The highest BCUT2D eigenvalue weighted by Gasteiger charge is 2.18. The molecule has 3 aromatic rings. The van der Waals surface area contributed by atoms with Gasteiger partial charge in [-0.3, -0.25) is 4.72 Å². The standard InChI is InChI=1S/C18H15ClN2O3S/c19-18-17(7-4-12-20-18)25(22,23)21-15-8-10-16(11-9-15)24-13-14-5-2-1-3-6-14/h1-12,21H,13H2. The maximum absolute atomic E-state index is 12.4. The number of hydrogen-bond donors (Lipinski definition) is 1. The molecule has 0 aliphatic heterocycles. The zero-order chi connectivity index (χ0) is 17.7. The van der Waals surface area contributed by atoms with Gasteiger partial charge in [-0.2, -0.15) is 0 Å². The number of aromatic nitrogens is 1. The predicted octanol–water partition coefficient (Wildman–Crippen LogP) is 4.11. The molecule has 3 rings (SSSR count). The van der Waals surface area contributed by atoms with Crippen molar-refractivity contribution in [2.45, 2.75) is 11.5 Å². The summed E-state index contributed by atoms with van der Waals surface area (Å²) in [5.41, 5.74) is 1.46. The molecule has 0 bridgehead atoms. The molecule has 0 aliphatic rings. The third kappa shape index (κ3) is 4.49. The molecule has 1 aromatic heterocycles. The van der Waals surface area contributed by atoms with Crippen molar-refractivity contribution in [1.29, 1.82) is 0 Å². The van der Waals surface area contributed by atoms with Gasteiger partial charge in [-0.25, -0.2) is 13.4 Å². The average Bonchev–Trinajstić information content (AvgIpc) is 2.62. The Morgan fingerprint density at radius 2 is 1.68 bits per heavy atom. The van der Waals surface area contributed by atoms with Gasteiger partial charge in [-0.15, -0.1) is 0 Å². The molecule has 5 nitrogen and oxygen atoms in total. The molecule has 0 atom stereocenters. The number of benzene rings is 2. The summed E-state index contributed by atoms with van der Waals surface area (Å²) in [6.07, 6.45) is 1.43. The zero-order valence-corrected chi connectivity index (χ0v) is 14.7. The molecule has 0 saturated carbocycles. The first-order chi connectivity index (χ1) is 12.0. The minimum Gasteiger partial charge on any atom is -0.489 e. The van der Waals surface area contributed by atoms with E-state index in [1.807, 2.05) is 30.3 Å². The first-order valence-electron chi connectivity index (χ1n) is 7.45. The third-order valence-corrected chi connectivity index (χ3v) is 5.20. The van der Waals surface area contributed by atoms with E-state index in [4.69, 9.17) is 16.3 Å². The monoisotopic (exact) mass is 374 g/mol. The molecule has 128 valence electrons. The Kier molecular flexibility index (Phi) is 5.21. The molecular formula is C18H15ClN2O3S. The lowest BCUT2D eigenvalue weighted by atomic mass is 10.2. The molecule has 0 fully saturated rings. The Hall–Kier alpha value is -2.57. The number of hydrogen-bond acceptors (Lipinski definition) is 4. The van der Waals surface area contributed by atoms with Crippen molar-refractivity contribution in [2.75, 3.05) is 4.72 Å². The Morgan fingerprint density at radius 1 is 0.960 bits per heavy atom. The molecule has 0 unspecified atom stereocenters. The van der Waals surface area contributed by atoms with Gasteiger partial charge in [0.1, 0.15) is 22.4 Å². The Balaban J connectivity index is 1.67. The first kappa shape index (κ1) is 17.3. The molecule has 1 N–H and O–H groups in total. The SMILES string of the molecule is O=S(=O)(Nc1ccc(OCc2ccccc2)cc1)c1cccnc1Cl. The quantitative estimate of drug-likeness (QED) is 0.659. The second-order valence-electron chi connectivity index (χ2n) is 5.20. The smallest absolute Gasteiger partial charge is 0.264 e. The normalized spacial score (nSPS) is 11.1. The van der Waals surface area contributed by atoms with Crippen LogP contribution < -0.4 is 9.46 Å². The number of nitrogens with one attached hydrogen (secondary N) is 1. The first-order valence-corrected chi connectivity index (χ1v) is 9.31. The molecule has 0 amide bonds. The van der Waals surface area contributed by atoms with Crippen LogP contribution in [0.15, 0.2) is 77.8 Å². The number of ether oxygens (including phenoxy) is 1. The van der Waals surface area contributed by atoms with E-state index in [9.17, 15) is 8.42 Å².